The number of sulfone groups is 1. The van der Waals surface area contributed by atoms with Gasteiger partial charge in [0.05, 0.1) is 4.90 Å². The highest BCUT2D eigenvalue weighted by molar-refractivity contribution is 7.90. The van der Waals surface area contributed by atoms with E-state index in [2.05, 4.69) is 0 Å². The fraction of sp³-hybridized carbons (Fsp3) is 0.300. The van der Waals surface area contributed by atoms with Crippen LogP contribution in [0.3, 0.4) is 0 Å². The number of aliphatic carboxylic acids is 1. The van der Waals surface area contributed by atoms with Gasteiger partial charge in [-0.15, -0.1) is 0 Å². The first-order valence-corrected chi connectivity index (χ1v) is 6.48. The number of carbonyl (C=O) groups is 1. The summed E-state index contributed by atoms with van der Waals surface area (Å²) in [5.41, 5.74) is 5.80. The van der Waals surface area contributed by atoms with Gasteiger partial charge in [-0.05, 0) is 18.1 Å². The third-order valence-electron chi connectivity index (χ3n) is 2.13. The quantitative estimate of drug-likeness (QED) is 0.778. The average molecular weight is 243 g/mol. The minimum atomic E-state index is -3.35. The molecule has 5 nitrogen and oxygen atoms in total. The molecule has 0 saturated heterocycles. The van der Waals surface area contributed by atoms with Crippen molar-refractivity contribution in [1.29, 1.82) is 0 Å². The molecule has 0 unspecified atom stereocenters. The Hall–Kier alpha value is -1.40. The zero-order chi connectivity index (χ0) is 12.3. The zero-order valence-corrected chi connectivity index (χ0v) is 9.57. The molecule has 16 heavy (non-hydrogen) atoms. The Morgan fingerprint density at radius 3 is 2.50 bits per heavy atom. The summed E-state index contributed by atoms with van der Waals surface area (Å²) in [6.45, 7) is 0. The Balaban J connectivity index is 3.10. The van der Waals surface area contributed by atoms with Crippen LogP contribution in [0.15, 0.2) is 29.2 Å². The maximum absolute atomic E-state index is 11.4. The highest BCUT2D eigenvalue weighted by Gasteiger charge is 2.18. The van der Waals surface area contributed by atoms with Crippen molar-refractivity contribution < 1.29 is 18.3 Å². The van der Waals surface area contributed by atoms with E-state index in [1.54, 1.807) is 18.2 Å². The summed E-state index contributed by atoms with van der Waals surface area (Å²) in [4.78, 5) is 10.7. The summed E-state index contributed by atoms with van der Waals surface area (Å²) in [5, 5.41) is 8.66. The van der Waals surface area contributed by atoms with E-state index in [4.69, 9.17) is 10.8 Å². The van der Waals surface area contributed by atoms with Crippen LogP contribution < -0.4 is 5.73 Å². The molecular formula is C10H13NO4S. The van der Waals surface area contributed by atoms with E-state index < -0.39 is 21.8 Å². The maximum Gasteiger partial charge on any atom is 0.320 e. The van der Waals surface area contributed by atoms with Gasteiger partial charge in [-0.3, -0.25) is 4.79 Å². The first kappa shape index (κ1) is 12.7. The van der Waals surface area contributed by atoms with Crippen LogP contribution in [0.4, 0.5) is 0 Å². The molecule has 3 N–H and O–H groups in total. The molecule has 0 aliphatic rings. The second-order valence-electron chi connectivity index (χ2n) is 3.53. The van der Waals surface area contributed by atoms with E-state index in [1.165, 1.54) is 6.07 Å². The maximum atomic E-state index is 11.4. The van der Waals surface area contributed by atoms with Crippen LogP contribution in [-0.4, -0.2) is 31.8 Å². The topological polar surface area (TPSA) is 97.5 Å². The Kier molecular flexibility index (Phi) is 3.66. The summed E-state index contributed by atoms with van der Waals surface area (Å²) in [6, 6.07) is 5.16. The van der Waals surface area contributed by atoms with Gasteiger partial charge in [0.15, 0.2) is 9.84 Å². The molecule has 1 rings (SSSR count). The van der Waals surface area contributed by atoms with E-state index >= 15 is 0 Å². The third kappa shape index (κ3) is 3.04. The van der Waals surface area contributed by atoms with Gasteiger partial charge in [0.2, 0.25) is 0 Å². The lowest BCUT2D eigenvalue weighted by Gasteiger charge is -2.10. The van der Waals surface area contributed by atoms with Crippen LogP contribution in [0, 0.1) is 0 Å². The van der Waals surface area contributed by atoms with Gasteiger partial charge in [0, 0.05) is 6.26 Å². The highest BCUT2D eigenvalue weighted by atomic mass is 32.2. The SMILES string of the molecule is CS(=O)(=O)c1ccccc1C[C@H](N)C(=O)O. The monoisotopic (exact) mass is 243 g/mol. The number of hydrogen-bond donors (Lipinski definition) is 2. The zero-order valence-electron chi connectivity index (χ0n) is 8.75. The predicted molar refractivity (Wildman–Crippen MR) is 58.9 cm³/mol. The molecule has 0 aromatic heterocycles. The third-order valence-corrected chi connectivity index (χ3v) is 3.33. The molecule has 0 aliphatic heterocycles. The molecule has 0 fully saturated rings. The Morgan fingerprint density at radius 1 is 1.44 bits per heavy atom. The summed E-state index contributed by atoms with van der Waals surface area (Å²) < 4.78 is 22.8. The van der Waals surface area contributed by atoms with Gasteiger partial charge >= 0.3 is 5.97 Å². The second-order valence-corrected chi connectivity index (χ2v) is 5.51. The van der Waals surface area contributed by atoms with Gasteiger partial charge < -0.3 is 10.8 Å². The molecule has 0 heterocycles. The number of hydrogen-bond acceptors (Lipinski definition) is 4. The summed E-state index contributed by atoms with van der Waals surface area (Å²) in [7, 11) is -3.35. The van der Waals surface area contributed by atoms with Gasteiger partial charge in [0.25, 0.3) is 0 Å². The molecule has 0 saturated carbocycles. The number of carboxylic acid groups (broad SMARTS) is 1. The van der Waals surface area contributed by atoms with E-state index in [0.29, 0.717) is 5.56 Å². The smallest absolute Gasteiger partial charge is 0.320 e. The van der Waals surface area contributed by atoms with Gasteiger partial charge in [0.1, 0.15) is 6.04 Å². The largest absolute Gasteiger partial charge is 0.480 e. The normalized spacial score (nSPS) is 13.4. The minimum absolute atomic E-state index is 0.00141. The van der Waals surface area contributed by atoms with Crippen molar-refractivity contribution in [3.8, 4) is 0 Å². The van der Waals surface area contributed by atoms with Crippen molar-refractivity contribution in [1.82, 2.24) is 0 Å². The minimum Gasteiger partial charge on any atom is -0.480 e. The van der Waals surface area contributed by atoms with Crippen molar-refractivity contribution in [3.05, 3.63) is 29.8 Å². The fourth-order valence-electron chi connectivity index (χ4n) is 1.36. The second kappa shape index (κ2) is 4.63. The molecule has 88 valence electrons. The van der Waals surface area contributed by atoms with Gasteiger partial charge in [-0.1, -0.05) is 18.2 Å². The van der Waals surface area contributed by atoms with Crippen molar-refractivity contribution in [2.75, 3.05) is 6.26 Å². The van der Waals surface area contributed by atoms with E-state index in [9.17, 15) is 13.2 Å². The van der Waals surface area contributed by atoms with Crippen molar-refractivity contribution >= 4 is 15.8 Å². The molecule has 1 aromatic carbocycles. The number of rotatable bonds is 4. The van der Waals surface area contributed by atoms with E-state index in [1.807, 2.05) is 0 Å². The van der Waals surface area contributed by atoms with Crippen LogP contribution >= 0.6 is 0 Å². The predicted octanol–water partition coefficient (Wildman–Crippen LogP) is 0.0445. The average Bonchev–Trinajstić information content (AvgIpc) is 2.16. The van der Waals surface area contributed by atoms with Crippen molar-refractivity contribution in [3.63, 3.8) is 0 Å². The van der Waals surface area contributed by atoms with Gasteiger partial charge in [-0.25, -0.2) is 8.42 Å². The standard InChI is InChI=1S/C10H13NO4S/c1-16(14,15)9-5-3-2-4-7(9)6-8(11)10(12)13/h2-5,8H,6,11H2,1H3,(H,12,13)/t8-/m0/s1. The van der Waals surface area contributed by atoms with E-state index in [-0.39, 0.29) is 11.3 Å². The summed E-state index contributed by atoms with van der Waals surface area (Å²) >= 11 is 0. The van der Waals surface area contributed by atoms with Gasteiger partial charge in [-0.2, -0.15) is 0 Å². The lowest BCUT2D eigenvalue weighted by Crippen LogP contribution is -2.32. The van der Waals surface area contributed by atoms with Crippen LogP contribution in [0.1, 0.15) is 5.56 Å². The number of benzene rings is 1. The lowest BCUT2D eigenvalue weighted by atomic mass is 10.1. The highest BCUT2D eigenvalue weighted by Crippen LogP contribution is 2.16. The molecule has 6 heteroatoms. The summed E-state index contributed by atoms with van der Waals surface area (Å²) in [5.74, 6) is -1.15. The molecule has 0 amide bonds. The lowest BCUT2D eigenvalue weighted by molar-refractivity contribution is -0.138. The first-order valence-electron chi connectivity index (χ1n) is 4.58. The van der Waals surface area contributed by atoms with Crippen molar-refractivity contribution in [2.45, 2.75) is 17.4 Å². The first-order chi connectivity index (χ1) is 7.32. The number of nitrogens with two attached hydrogens (primary N) is 1. The summed E-state index contributed by atoms with van der Waals surface area (Å²) in [6.07, 6.45) is 1.08. The Labute approximate surface area is 93.8 Å². The molecule has 0 radical (unpaired) electrons. The van der Waals surface area contributed by atoms with Crippen molar-refractivity contribution in [2.24, 2.45) is 5.73 Å². The van der Waals surface area contributed by atoms with Crippen LogP contribution in [-0.2, 0) is 21.1 Å². The fourth-order valence-corrected chi connectivity index (χ4v) is 2.31. The molecular weight excluding hydrogens is 230 g/mol. The molecule has 0 aliphatic carbocycles. The molecule has 1 aromatic rings. The van der Waals surface area contributed by atoms with Crippen LogP contribution in [0.2, 0.25) is 0 Å². The molecule has 0 spiro atoms. The molecule has 1 atom stereocenters. The Morgan fingerprint density at radius 2 is 2.00 bits per heavy atom. The Bertz CT molecular complexity index is 495. The number of carboxylic acids is 1. The molecule has 0 bridgehead atoms. The van der Waals surface area contributed by atoms with Crippen LogP contribution in [0.5, 0.6) is 0 Å². The van der Waals surface area contributed by atoms with Crippen LogP contribution in [0.25, 0.3) is 0 Å². The van der Waals surface area contributed by atoms with E-state index in [0.717, 1.165) is 6.26 Å².